The standard InChI is InChI=1S/C20H16N2O4/c21-15-6-2-3-12(10-15)17-11-16(22)7-8-18(17)26-20(25)14-5-1-4-13(9-14)19(23)24/h1-11H,21-22H2,(H,23,24). The predicted molar refractivity (Wildman–Crippen MR) is 99.1 cm³/mol. The maximum Gasteiger partial charge on any atom is 0.343 e. The van der Waals surface area contributed by atoms with Gasteiger partial charge in [-0.3, -0.25) is 0 Å². The van der Waals surface area contributed by atoms with E-state index in [0.29, 0.717) is 22.7 Å². The van der Waals surface area contributed by atoms with Crippen molar-refractivity contribution in [2.45, 2.75) is 0 Å². The molecule has 0 bridgehead atoms. The Hall–Kier alpha value is -3.80. The molecule has 3 aromatic carbocycles. The number of esters is 1. The van der Waals surface area contributed by atoms with Crippen LogP contribution in [0, 0.1) is 0 Å². The highest BCUT2D eigenvalue weighted by Gasteiger charge is 2.15. The Kier molecular flexibility index (Phi) is 4.57. The van der Waals surface area contributed by atoms with Gasteiger partial charge in [0.1, 0.15) is 5.75 Å². The highest BCUT2D eigenvalue weighted by Crippen LogP contribution is 2.33. The number of hydrogen-bond acceptors (Lipinski definition) is 5. The van der Waals surface area contributed by atoms with Gasteiger partial charge >= 0.3 is 11.9 Å². The number of carboxylic acids is 1. The second-order valence-corrected chi connectivity index (χ2v) is 5.66. The summed E-state index contributed by atoms with van der Waals surface area (Å²) in [5.41, 5.74) is 14.3. The number of benzene rings is 3. The number of anilines is 2. The van der Waals surface area contributed by atoms with Crippen molar-refractivity contribution < 1.29 is 19.4 Å². The fourth-order valence-electron chi connectivity index (χ4n) is 2.51. The molecular weight excluding hydrogens is 332 g/mol. The van der Waals surface area contributed by atoms with E-state index < -0.39 is 11.9 Å². The molecule has 3 rings (SSSR count). The molecule has 0 amide bonds. The van der Waals surface area contributed by atoms with Crippen LogP contribution in [0.4, 0.5) is 11.4 Å². The van der Waals surface area contributed by atoms with Gasteiger partial charge in [0.25, 0.3) is 0 Å². The summed E-state index contributed by atoms with van der Waals surface area (Å²) in [6.07, 6.45) is 0. The first-order chi connectivity index (χ1) is 12.4. The molecule has 3 aromatic rings. The van der Waals surface area contributed by atoms with Crippen LogP contribution in [0.25, 0.3) is 11.1 Å². The van der Waals surface area contributed by atoms with E-state index in [9.17, 15) is 9.59 Å². The van der Waals surface area contributed by atoms with E-state index in [2.05, 4.69) is 0 Å². The first kappa shape index (κ1) is 17.0. The van der Waals surface area contributed by atoms with Gasteiger partial charge in [-0.15, -0.1) is 0 Å². The molecule has 130 valence electrons. The Morgan fingerprint density at radius 1 is 0.808 bits per heavy atom. The van der Waals surface area contributed by atoms with E-state index in [1.807, 2.05) is 6.07 Å². The van der Waals surface area contributed by atoms with Crippen LogP contribution in [0.3, 0.4) is 0 Å². The van der Waals surface area contributed by atoms with Gasteiger partial charge in [0, 0.05) is 16.9 Å². The number of hydrogen-bond donors (Lipinski definition) is 3. The van der Waals surface area contributed by atoms with E-state index in [4.69, 9.17) is 21.3 Å². The summed E-state index contributed by atoms with van der Waals surface area (Å²) in [4.78, 5) is 23.5. The summed E-state index contributed by atoms with van der Waals surface area (Å²) in [6.45, 7) is 0. The molecule has 5 N–H and O–H groups in total. The zero-order valence-electron chi connectivity index (χ0n) is 13.7. The van der Waals surface area contributed by atoms with Crippen molar-refractivity contribution in [2.75, 3.05) is 11.5 Å². The van der Waals surface area contributed by atoms with Crippen molar-refractivity contribution in [3.05, 3.63) is 77.9 Å². The van der Waals surface area contributed by atoms with Gasteiger partial charge in [-0.1, -0.05) is 18.2 Å². The number of carbonyl (C=O) groups is 2. The molecule has 0 heterocycles. The molecule has 0 saturated carbocycles. The van der Waals surface area contributed by atoms with Crippen molar-refractivity contribution in [1.82, 2.24) is 0 Å². The lowest BCUT2D eigenvalue weighted by atomic mass is 10.0. The first-order valence-electron chi connectivity index (χ1n) is 7.75. The van der Waals surface area contributed by atoms with E-state index in [1.54, 1.807) is 36.4 Å². The monoisotopic (exact) mass is 348 g/mol. The molecule has 0 atom stereocenters. The molecular formula is C20H16N2O4. The summed E-state index contributed by atoms with van der Waals surface area (Å²) in [7, 11) is 0. The third-order valence-electron chi connectivity index (χ3n) is 3.75. The summed E-state index contributed by atoms with van der Waals surface area (Å²) in [5.74, 6) is -1.48. The number of ether oxygens (including phenoxy) is 1. The Bertz CT molecular complexity index is 999. The van der Waals surface area contributed by atoms with Crippen LogP contribution in [-0.2, 0) is 0 Å². The fraction of sp³-hybridized carbons (Fsp3) is 0. The van der Waals surface area contributed by atoms with Gasteiger partial charge in [-0.05, 0) is 54.1 Å². The van der Waals surface area contributed by atoms with Crippen LogP contribution >= 0.6 is 0 Å². The Morgan fingerprint density at radius 2 is 1.50 bits per heavy atom. The molecule has 6 nitrogen and oxygen atoms in total. The van der Waals surface area contributed by atoms with Crippen LogP contribution in [0.2, 0.25) is 0 Å². The van der Waals surface area contributed by atoms with Gasteiger partial charge in [0.05, 0.1) is 11.1 Å². The normalized spacial score (nSPS) is 10.3. The average Bonchev–Trinajstić information content (AvgIpc) is 2.63. The van der Waals surface area contributed by atoms with Crippen molar-refractivity contribution >= 4 is 23.3 Å². The van der Waals surface area contributed by atoms with Crippen LogP contribution < -0.4 is 16.2 Å². The molecule has 0 aliphatic carbocycles. The topological polar surface area (TPSA) is 116 Å². The van der Waals surface area contributed by atoms with Crippen LogP contribution in [0.1, 0.15) is 20.7 Å². The van der Waals surface area contributed by atoms with Gasteiger partial charge in [-0.25, -0.2) is 9.59 Å². The van der Waals surface area contributed by atoms with Crippen molar-refractivity contribution in [1.29, 1.82) is 0 Å². The highest BCUT2D eigenvalue weighted by molar-refractivity contribution is 5.96. The summed E-state index contributed by atoms with van der Waals surface area (Å²) >= 11 is 0. The lowest BCUT2D eigenvalue weighted by Gasteiger charge is -2.12. The van der Waals surface area contributed by atoms with Crippen molar-refractivity contribution in [2.24, 2.45) is 0 Å². The van der Waals surface area contributed by atoms with E-state index in [-0.39, 0.29) is 11.1 Å². The molecule has 0 unspecified atom stereocenters. The van der Waals surface area contributed by atoms with Gasteiger partial charge < -0.3 is 21.3 Å². The molecule has 6 heteroatoms. The molecule has 0 aliphatic heterocycles. The second-order valence-electron chi connectivity index (χ2n) is 5.66. The summed E-state index contributed by atoms with van der Waals surface area (Å²) < 4.78 is 5.49. The quantitative estimate of drug-likeness (QED) is 0.378. The number of carboxylic acid groups (broad SMARTS) is 1. The van der Waals surface area contributed by atoms with E-state index in [0.717, 1.165) is 5.56 Å². The van der Waals surface area contributed by atoms with E-state index in [1.165, 1.54) is 24.3 Å². The third kappa shape index (κ3) is 3.64. The maximum atomic E-state index is 12.5. The Morgan fingerprint density at radius 3 is 2.23 bits per heavy atom. The molecule has 0 saturated heterocycles. The molecule has 0 radical (unpaired) electrons. The zero-order valence-corrected chi connectivity index (χ0v) is 13.7. The number of carbonyl (C=O) groups excluding carboxylic acids is 1. The first-order valence-corrected chi connectivity index (χ1v) is 7.75. The van der Waals surface area contributed by atoms with Gasteiger partial charge in [0.15, 0.2) is 0 Å². The van der Waals surface area contributed by atoms with Gasteiger partial charge in [0.2, 0.25) is 0 Å². The maximum absolute atomic E-state index is 12.5. The van der Waals surface area contributed by atoms with Crippen LogP contribution in [0.5, 0.6) is 5.75 Å². The Labute approximate surface area is 149 Å². The molecule has 0 spiro atoms. The predicted octanol–water partition coefficient (Wildman–Crippen LogP) is 3.44. The van der Waals surface area contributed by atoms with Crippen molar-refractivity contribution in [3.63, 3.8) is 0 Å². The Balaban J connectivity index is 1.96. The lowest BCUT2D eigenvalue weighted by molar-refractivity contribution is 0.0697. The number of rotatable bonds is 4. The van der Waals surface area contributed by atoms with Crippen LogP contribution in [-0.4, -0.2) is 17.0 Å². The highest BCUT2D eigenvalue weighted by atomic mass is 16.5. The minimum Gasteiger partial charge on any atom is -0.478 e. The molecule has 0 fully saturated rings. The molecule has 0 aromatic heterocycles. The number of nitrogen functional groups attached to an aromatic ring is 2. The molecule has 0 aliphatic rings. The largest absolute Gasteiger partial charge is 0.478 e. The number of aromatic carboxylic acids is 1. The lowest BCUT2D eigenvalue weighted by Crippen LogP contribution is -2.10. The summed E-state index contributed by atoms with van der Waals surface area (Å²) in [5, 5.41) is 9.05. The minimum absolute atomic E-state index is 0.00723. The fourth-order valence-corrected chi connectivity index (χ4v) is 2.51. The van der Waals surface area contributed by atoms with Crippen molar-refractivity contribution in [3.8, 4) is 16.9 Å². The second kappa shape index (κ2) is 6.98. The SMILES string of the molecule is Nc1cccc(-c2cc(N)ccc2OC(=O)c2cccc(C(=O)O)c2)c1. The van der Waals surface area contributed by atoms with Gasteiger partial charge in [-0.2, -0.15) is 0 Å². The zero-order chi connectivity index (χ0) is 18.7. The van der Waals surface area contributed by atoms with E-state index >= 15 is 0 Å². The van der Waals surface area contributed by atoms with Crippen LogP contribution in [0.15, 0.2) is 66.7 Å². The smallest absolute Gasteiger partial charge is 0.343 e. The minimum atomic E-state index is -1.12. The summed E-state index contributed by atoms with van der Waals surface area (Å²) in [6, 6.07) is 17.7. The third-order valence-corrected chi connectivity index (χ3v) is 3.75. The number of nitrogens with two attached hydrogens (primary N) is 2. The molecule has 26 heavy (non-hydrogen) atoms. The average molecular weight is 348 g/mol.